The molecule has 0 bridgehead atoms. The highest BCUT2D eigenvalue weighted by Crippen LogP contribution is 2.32. The third kappa shape index (κ3) is 2.68. The van der Waals surface area contributed by atoms with Crippen LogP contribution in [0.4, 0.5) is 4.79 Å². The third-order valence-electron chi connectivity index (χ3n) is 3.64. The summed E-state index contributed by atoms with van der Waals surface area (Å²) in [6, 6.07) is 10.6. The molecule has 1 atom stereocenters. The largest absolute Gasteiger partial charge is 0.453 e. The Morgan fingerprint density at radius 1 is 1.29 bits per heavy atom. The summed E-state index contributed by atoms with van der Waals surface area (Å²) in [4.78, 5) is 16.3. The highest BCUT2D eigenvalue weighted by molar-refractivity contribution is 6.30. The Bertz CT molecular complexity index is 882. The van der Waals surface area contributed by atoms with Gasteiger partial charge in [0.15, 0.2) is 5.65 Å². The first-order valence-electron chi connectivity index (χ1n) is 7.07. The van der Waals surface area contributed by atoms with Crippen LogP contribution in [0.2, 0.25) is 5.02 Å². The number of benzene rings is 1. The van der Waals surface area contributed by atoms with Crippen LogP contribution in [0.5, 0.6) is 0 Å². The highest BCUT2D eigenvalue weighted by Gasteiger charge is 2.40. The van der Waals surface area contributed by atoms with Crippen LogP contribution in [-0.4, -0.2) is 34.9 Å². The molecule has 8 heteroatoms. The van der Waals surface area contributed by atoms with E-state index in [1.807, 2.05) is 0 Å². The molecule has 0 spiro atoms. The van der Waals surface area contributed by atoms with Crippen molar-refractivity contribution in [3.05, 3.63) is 65.1 Å². The molecule has 0 aliphatic heterocycles. The Hall–Kier alpha value is -2.64. The van der Waals surface area contributed by atoms with Crippen molar-refractivity contribution in [2.45, 2.75) is 5.72 Å². The zero-order valence-electron chi connectivity index (χ0n) is 13.1. The van der Waals surface area contributed by atoms with Gasteiger partial charge in [-0.05, 0) is 24.3 Å². The Morgan fingerprint density at radius 2 is 2.12 bits per heavy atom. The summed E-state index contributed by atoms with van der Waals surface area (Å²) in [6.07, 6.45) is 2.54. The van der Waals surface area contributed by atoms with Gasteiger partial charge in [0, 0.05) is 23.9 Å². The zero-order valence-corrected chi connectivity index (χ0v) is 13.8. The van der Waals surface area contributed by atoms with Gasteiger partial charge in [0.25, 0.3) is 0 Å². The second kappa shape index (κ2) is 6.46. The fourth-order valence-electron chi connectivity index (χ4n) is 2.53. The number of ether oxygens (including phenoxy) is 2. The van der Waals surface area contributed by atoms with Crippen molar-refractivity contribution in [3.63, 3.8) is 0 Å². The lowest BCUT2D eigenvalue weighted by Crippen LogP contribution is -2.49. The van der Waals surface area contributed by atoms with Crippen LogP contribution in [0, 0.1) is 0 Å². The topological polar surface area (TPSA) is 77.8 Å². The average molecular weight is 347 g/mol. The van der Waals surface area contributed by atoms with Crippen molar-refractivity contribution in [2.75, 3.05) is 14.2 Å². The van der Waals surface area contributed by atoms with Crippen molar-refractivity contribution in [2.24, 2.45) is 0 Å². The molecule has 1 unspecified atom stereocenters. The molecule has 24 heavy (non-hydrogen) atoms. The van der Waals surface area contributed by atoms with Crippen molar-refractivity contribution in [3.8, 4) is 0 Å². The van der Waals surface area contributed by atoms with Crippen molar-refractivity contribution < 1.29 is 14.3 Å². The van der Waals surface area contributed by atoms with Gasteiger partial charge in [0.05, 0.1) is 13.3 Å². The molecule has 1 aromatic carbocycles. The number of nitrogens with zero attached hydrogens (tertiary/aromatic N) is 3. The van der Waals surface area contributed by atoms with E-state index in [-0.39, 0.29) is 0 Å². The first-order chi connectivity index (χ1) is 11.6. The highest BCUT2D eigenvalue weighted by atomic mass is 35.5. The van der Waals surface area contributed by atoms with Gasteiger partial charge in [-0.2, -0.15) is 5.10 Å². The number of fused-ring (bicyclic) bond motifs is 1. The molecule has 2 heterocycles. The number of methoxy groups -OCH3 is 2. The molecule has 0 fully saturated rings. The Labute approximate surface area is 143 Å². The van der Waals surface area contributed by atoms with E-state index < -0.39 is 11.8 Å². The molecule has 0 aliphatic rings. The van der Waals surface area contributed by atoms with Crippen LogP contribution < -0.4 is 5.32 Å². The van der Waals surface area contributed by atoms with Crippen molar-refractivity contribution in [1.82, 2.24) is 19.9 Å². The maximum absolute atomic E-state index is 12.0. The molecule has 0 radical (unpaired) electrons. The van der Waals surface area contributed by atoms with E-state index in [1.165, 1.54) is 14.2 Å². The van der Waals surface area contributed by atoms with E-state index in [1.54, 1.807) is 53.3 Å². The number of imidazole rings is 1. The van der Waals surface area contributed by atoms with E-state index >= 15 is 0 Å². The molecule has 124 valence electrons. The lowest BCUT2D eigenvalue weighted by Gasteiger charge is -2.32. The fraction of sp³-hybridized carbons (Fsp3) is 0.188. The van der Waals surface area contributed by atoms with Crippen LogP contribution >= 0.6 is 11.6 Å². The van der Waals surface area contributed by atoms with Crippen LogP contribution in [-0.2, 0) is 15.2 Å². The maximum Gasteiger partial charge on any atom is 0.409 e. The van der Waals surface area contributed by atoms with Crippen molar-refractivity contribution >= 4 is 23.3 Å². The van der Waals surface area contributed by atoms with E-state index in [4.69, 9.17) is 21.1 Å². The molecular weight excluding hydrogens is 332 g/mol. The second-order valence-corrected chi connectivity index (χ2v) is 5.39. The molecule has 3 rings (SSSR count). The number of rotatable bonds is 4. The molecule has 1 amide bonds. The maximum atomic E-state index is 12.0. The molecular formula is C16H15ClN4O3. The van der Waals surface area contributed by atoms with Crippen LogP contribution in [0.25, 0.3) is 5.65 Å². The van der Waals surface area contributed by atoms with Gasteiger partial charge in [-0.15, -0.1) is 0 Å². The molecule has 0 saturated carbocycles. The van der Waals surface area contributed by atoms with Crippen LogP contribution in [0.15, 0.2) is 48.8 Å². The Balaban J connectivity index is 2.26. The molecule has 0 saturated heterocycles. The second-order valence-electron chi connectivity index (χ2n) is 4.95. The minimum absolute atomic E-state index is 0.502. The quantitative estimate of drug-likeness (QED) is 0.735. The molecule has 3 aromatic rings. The number of carbonyl (C=O) groups excluding carboxylic acids is 1. The zero-order chi connectivity index (χ0) is 17.2. The number of hydrogen-bond acceptors (Lipinski definition) is 5. The number of hydrogen-bond donors (Lipinski definition) is 1. The van der Waals surface area contributed by atoms with Gasteiger partial charge in [0.1, 0.15) is 5.69 Å². The number of alkyl carbamates (subject to hydrolysis) is 1. The van der Waals surface area contributed by atoms with Gasteiger partial charge in [0.2, 0.25) is 5.72 Å². The molecule has 0 aliphatic carbocycles. The van der Waals surface area contributed by atoms with Gasteiger partial charge < -0.3 is 9.47 Å². The summed E-state index contributed by atoms with van der Waals surface area (Å²) in [5.74, 6) is 0. The normalized spacial score (nSPS) is 13.5. The summed E-state index contributed by atoms with van der Waals surface area (Å²) in [5.41, 5.74) is 0.359. The number of aromatic nitrogens is 3. The van der Waals surface area contributed by atoms with Gasteiger partial charge in [-0.3, -0.25) is 5.32 Å². The summed E-state index contributed by atoms with van der Waals surface area (Å²) in [7, 11) is 2.75. The third-order valence-corrected chi connectivity index (χ3v) is 3.87. The summed E-state index contributed by atoms with van der Waals surface area (Å²) >= 11 is 6.12. The SMILES string of the molecule is COC(=O)NC(OC)(c1cccc(Cl)c1)c1cnc2cccnn12. The summed E-state index contributed by atoms with van der Waals surface area (Å²) in [6.45, 7) is 0. The monoisotopic (exact) mass is 346 g/mol. The molecule has 2 aromatic heterocycles. The van der Waals surface area contributed by atoms with Gasteiger partial charge >= 0.3 is 6.09 Å². The van der Waals surface area contributed by atoms with E-state index in [9.17, 15) is 4.79 Å². The minimum atomic E-state index is -1.37. The predicted molar refractivity (Wildman–Crippen MR) is 87.8 cm³/mol. The van der Waals surface area contributed by atoms with E-state index in [0.29, 0.717) is 21.9 Å². The first-order valence-corrected chi connectivity index (χ1v) is 7.45. The lowest BCUT2D eigenvalue weighted by molar-refractivity contribution is -0.0111. The Morgan fingerprint density at radius 3 is 2.83 bits per heavy atom. The summed E-state index contributed by atoms with van der Waals surface area (Å²) < 4.78 is 12.1. The van der Waals surface area contributed by atoms with Crippen LogP contribution in [0.3, 0.4) is 0 Å². The van der Waals surface area contributed by atoms with Gasteiger partial charge in [-0.25, -0.2) is 14.3 Å². The molecule has 7 nitrogen and oxygen atoms in total. The first kappa shape index (κ1) is 16.2. The summed E-state index contributed by atoms with van der Waals surface area (Å²) in [5, 5.41) is 7.51. The van der Waals surface area contributed by atoms with E-state index in [0.717, 1.165) is 0 Å². The average Bonchev–Trinajstić information content (AvgIpc) is 3.04. The smallest absolute Gasteiger partial charge is 0.409 e. The number of nitrogens with one attached hydrogen (secondary N) is 1. The molecule has 1 N–H and O–H groups in total. The standard InChI is InChI=1S/C16H15ClN4O3/c1-23-15(22)20-16(24-2,11-5-3-6-12(17)9-11)13-10-18-14-7-4-8-19-21(13)14/h3-10H,1-2H3,(H,20,22). The lowest BCUT2D eigenvalue weighted by atomic mass is 9.99. The van der Waals surface area contributed by atoms with Gasteiger partial charge in [-0.1, -0.05) is 23.7 Å². The predicted octanol–water partition coefficient (Wildman–Crippen LogP) is 2.59. The minimum Gasteiger partial charge on any atom is -0.453 e. The number of amides is 1. The Kier molecular flexibility index (Phi) is 4.37. The number of halogens is 1. The van der Waals surface area contributed by atoms with Crippen LogP contribution in [0.1, 0.15) is 11.3 Å². The number of carbonyl (C=O) groups is 1. The van der Waals surface area contributed by atoms with E-state index in [2.05, 4.69) is 15.4 Å². The van der Waals surface area contributed by atoms with Crippen molar-refractivity contribution in [1.29, 1.82) is 0 Å². The fourth-order valence-corrected chi connectivity index (χ4v) is 2.72.